The molecule has 3 aromatic rings. The van der Waals surface area contributed by atoms with Crippen molar-refractivity contribution in [2.75, 3.05) is 18.2 Å². The lowest BCUT2D eigenvalue weighted by Gasteiger charge is -2.09. The average Bonchev–Trinajstić information content (AvgIpc) is 2.61. The van der Waals surface area contributed by atoms with E-state index in [-0.39, 0.29) is 17.5 Å². The van der Waals surface area contributed by atoms with E-state index < -0.39 is 0 Å². The SMILES string of the molecule is COc1cccc2c(C)cc(SCC(=O)Nc3ccc(F)cc3)nc12. The molecule has 1 aromatic heterocycles. The van der Waals surface area contributed by atoms with Crippen LogP contribution in [-0.4, -0.2) is 23.8 Å². The molecule has 1 heterocycles. The van der Waals surface area contributed by atoms with Gasteiger partial charge < -0.3 is 10.1 Å². The van der Waals surface area contributed by atoms with Crippen molar-refractivity contribution in [2.24, 2.45) is 0 Å². The Kier molecular flexibility index (Phi) is 5.19. The maximum absolute atomic E-state index is 12.9. The minimum Gasteiger partial charge on any atom is -0.494 e. The van der Waals surface area contributed by atoms with Gasteiger partial charge in [-0.3, -0.25) is 4.79 Å². The third-order valence-electron chi connectivity index (χ3n) is 3.68. The molecule has 128 valence electrons. The molecule has 0 bridgehead atoms. The highest BCUT2D eigenvalue weighted by molar-refractivity contribution is 7.99. The van der Waals surface area contributed by atoms with Gasteiger partial charge in [0, 0.05) is 11.1 Å². The number of aryl methyl sites for hydroxylation is 1. The number of ether oxygens (including phenoxy) is 1. The Morgan fingerprint density at radius 1 is 1.24 bits per heavy atom. The van der Waals surface area contributed by atoms with Gasteiger partial charge in [-0.05, 0) is 48.9 Å². The summed E-state index contributed by atoms with van der Waals surface area (Å²) in [6, 6.07) is 13.4. The number of fused-ring (bicyclic) bond motifs is 1. The van der Waals surface area contributed by atoms with E-state index in [4.69, 9.17) is 4.74 Å². The molecule has 0 saturated carbocycles. The minimum absolute atomic E-state index is 0.170. The number of pyridine rings is 1. The minimum atomic E-state index is -0.336. The third kappa shape index (κ3) is 4.09. The number of carbonyl (C=O) groups is 1. The van der Waals surface area contributed by atoms with Gasteiger partial charge in [-0.25, -0.2) is 9.37 Å². The van der Waals surface area contributed by atoms with Crippen LogP contribution in [0, 0.1) is 12.7 Å². The van der Waals surface area contributed by atoms with Gasteiger partial charge in [0.15, 0.2) is 0 Å². The van der Waals surface area contributed by atoms with E-state index in [0.717, 1.165) is 21.5 Å². The van der Waals surface area contributed by atoms with Gasteiger partial charge in [0.05, 0.1) is 17.9 Å². The number of amides is 1. The molecule has 0 fully saturated rings. The first-order chi connectivity index (χ1) is 12.1. The number of hydrogen-bond donors (Lipinski definition) is 1. The van der Waals surface area contributed by atoms with Gasteiger partial charge in [-0.15, -0.1) is 0 Å². The van der Waals surface area contributed by atoms with Gasteiger partial charge in [-0.1, -0.05) is 23.9 Å². The third-order valence-corrected chi connectivity index (χ3v) is 4.60. The summed E-state index contributed by atoms with van der Waals surface area (Å²) < 4.78 is 18.3. The summed E-state index contributed by atoms with van der Waals surface area (Å²) in [6.07, 6.45) is 0. The summed E-state index contributed by atoms with van der Waals surface area (Å²) in [7, 11) is 1.61. The predicted molar refractivity (Wildman–Crippen MR) is 98.8 cm³/mol. The van der Waals surface area contributed by atoms with Crippen molar-refractivity contribution >= 4 is 34.3 Å². The molecule has 2 aromatic carbocycles. The van der Waals surface area contributed by atoms with Crippen LogP contribution in [0.4, 0.5) is 10.1 Å². The van der Waals surface area contributed by atoms with E-state index in [0.29, 0.717) is 11.4 Å². The molecular formula is C19H17FN2O2S. The Morgan fingerprint density at radius 2 is 2.00 bits per heavy atom. The fourth-order valence-electron chi connectivity index (χ4n) is 2.47. The molecule has 25 heavy (non-hydrogen) atoms. The monoisotopic (exact) mass is 356 g/mol. The van der Waals surface area contributed by atoms with Gasteiger partial charge in [0.2, 0.25) is 5.91 Å². The quantitative estimate of drug-likeness (QED) is 0.688. The summed E-state index contributed by atoms with van der Waals surface area (Å²) in [5.74, 6) is 0.414. The summed E-state index contributed by atoms with van der Waals surface area (Å²) in [6.45, 7) is 2.01. The number of para-hydroxylation sites is 1. The molecule has 0 radical (unpaired) electrons. The summed E-state index contributed by atoms with van der Waals surface area (Å²) in [5.41, 5.74) is 2.42. The molecule has 1 amide bonds. The van der Waals surface area contributed by atoms with E-state index in [9.17, 15) is 9.18 Å². The number of nitrogens with one attached hydrogen (secondary N) is 1. The topological polar surface area (TPSA) is 51.2 Å². The number of anilines is 1. The first-order valence-electron chi connectivity index (χ1n) is 7.69. The van der Waals surface area contributed by atoms with Gasteiger partial charge in [-0.2, -0.15) is 0 Å². The fraction of sp³-hybridized carbons (Fsp3) is 0.158. The zero-order valence-electron chi connectivity index (χ0n) is 13.9. The normalized spacial score (nSPS) is 10.7. The van der Waals surface area contributed by atoms with Crippen LogP contribution in [-0.2, 0) is 4.79 Å². The molecule has 0 aliphatic rings. The summed E-state index contributed by atoms with van der Waals surface area (Å²) in [5, 5.41) is 4.52. The van der Waals surface area contributed by atoms with Crippen molar-refractivity contribution in [3.8, 4) is 5.75 Å². The van der Waals surface area contributed by atoms with Crippen LogP contribution in [0.15, 0.2) is 53.6 Å². The summed E-state index contributed by atoms with van der Waals surface area (Å²) >= 11 is 1.35. The van der Waals surface area contributed by atoms with Crippen LogP contribution in [0.5, 0.6) is 5.75 Å². The molecule has 0 saturated heterocycles. The smallest absolute Gasteiger partial charge is 0.234 e. The maximum Gasteiger partial charge on any atom is 0.234 e. The molecule has 4 nitrogen and oxygen atoms in total. The van der Waals surface area contributed by atoms with Crippen LogP contribution in [0.2, 0.25) is 0 Å². The number of halogens is 1. The second-order valence-electron chi connectivity index (χ2n) is 5.48. The zero-order valence-corrected chi connectivity index (χ0v) is 14.7. The number of carbonyl (C=O) groups excluding carboxylic acids is 1. The molecule has 6 heteroatoms. The molecule has 1 N–H and O–H groups in total. The molecule has 0 aliphatic carbocycles. The van der Waals surface area contributed by atoms with Crippen molar-refractivity contribution < 1.29 is 13.9 Å². The zero-order chi connectivity index (χ0) is 17.8. The lowest BCUT2D eigenvalue weighted by molar-refractivity contribution is -0.113. The van der Waals surface area contributed by atoms with Crippen LogP contribution in [0.25, 0.3) is 10.9 Å². The van der Waals surface area contributed by atoms with Crippen molar-refractivity contribution in [3.05, 3.63) is 59.9 Å². The van der Waals surface area contributed by atoms with Crippen molar-refractivity contribution in [1.29, 1.82) is 0 Å². The number of rotatable bonds is 5. The van der Waals surface area contributed by atoms with Crippen LogP contribution < -0.4 is 10.1 Å². The van der Waals surface area contributed by atoms with E-state index in [1.54, 1.807) is 7.11 Å². The van der Waals surface area contributed by atoms with Crippen molar-refractivity contribution in [1.82, 2.24) is 4.98 Å². The Morgan fingerprint density at radius 3 is 2.72 bits per heavy atom. The van der Waals surface area contributed by atoms with Gasteiger partial charge in [0.1, 0.15) is 17.1 Å². The molecular weight excluding hydrogens is 339 g/mol. The van der Waals surface area contributed by atoms with Crippen LogP contribution >= 0.6 is 11.8 Å². The molecule has 0 aliphatic heterocycles. The number of nitrogens with zero attached hydrogens (tertiary/aromatic N) is 1. The van der Waals surface area contributed by atoms with E-state index in [2.05, 4.69) is 10.3 Å². The highest BCUT2D eigenvalue weighted by Gasteiger charge is 2.10. The lowest BCUT2D eigenvalue weighted by atomic mass is 10.1. The Labute approximate surface area is 149 Å². The Balaban J connectivity index is 1.72. The molecule has 3 rings (SSSR count). The van der Waals surface area contributed by atoms with Crippen molar-refractivity contribution in [2.45, 2.75) is 11.9 Å². The largest absolute Gasteiger partial charge is 0.494 e. The number of thioether (sulfide) groups is 1. The van der Waals surface area contributed by atoms with E-state index in [1.165, 1.54) is 36.0 Å². The number of hydrogen-bond acceptors (Lipinski definition) is 4. The van der Waals surface area contributed by atoms with E-state index >= 15 is 0 Å². The van der Waals surface area contributed by atoms with Crippen LogP contribution in [0.3, 0.4) is 0 Å². The highest BCUT2D eigenvalue weighted by Crippen LogP contribution is 2.29. The molecule has 0 spiro atoms. The highest BCUT2D eigenvalue weighted by atomic mass is 32.2. The van der Waals surface area contributed by atoms with Gasteiger partial charge in [0.25, 0.3) is 0 Å². The van der Waals surface area contributed by atoms with Gasteiger partial charge >= 0.3 is 0 Å². The number of benzene rings is 2. The maximum atomic E-state index is 12.9. The molecule has 0 unspecified atom stereocenters. The fourth-order valence-corrected chi connectivity index (χ4v) is 3.24. The standard InChI is InChI=1S/C19H17FN2O2S/c1-12-10-18(22-19-15(12)4-3-5-16(19)24-2)25-11-17(23)21-14-8-6-13(20)7-9-14/h3-10H,11H2,1-2H3,(H,21,23). The number of aromatic nitrogens is 1. The molecule has 0 atom stereocenters. The second-order valence-corrected chi connectivity index (χ2v) is 6.47. The Bertz CT molecular complexity index is 913. The predicted octanol–water partition coefficient (Wildman–Crippen LogP) is 4.42. The first-order valence-corrected chi connectivity index (χ1v) is 8.68. The van der Waals surface area contributed by atoms with Crippen LogP contribution in [0.1, 0.15) is 5.56 Å². The number of methoxy groups -OCH3 is 1. The second kappa shape index (κ2) is 7.53. The summed E-state index contributed by atoms with van der Waals surface area (Å²) in [4.78, 5) is 16.7. The lowest BCUT2D eigenvalue weighted by Crippen LogP contribution is -2.14. The van der Waals surface area contributed by atoms with E-state index in [1.807, 2.05) is 31.2 Å². The average molecular weight is 356 g/mol. The van der Waals surface area contributed by atoms with Crippen molar-refractivity contribution in [3.63, 3.8) is 0 Å². The first kappa shape index (κ1) is 17.2. The Hall–Kier alpha value is -2.60.